The quantitative estimate of drug-likeness (QED) is 0.0916. The standard InChI is InChI=1S/C43H45N5O6/c49-30-32-12-14-34(15-13-32)41-26-40(29-46-20-22-47(23-21-46)38-16-18-39(19-17-38)48(51)52)53-42(54-41)37-11-5-10-36(25-37)35-9-4-8-33(24-35)28-45-43(50)44-27-31-6-2-1-3-7-31/h1-19,24-25,40-42,49H,20-23,26-30H2,(H2,44,45,50)/t40-,41+,42+/m1/s1. The van der Waals surface area contributed by atoms with Crippen LogP contribution in [-0.2, 0) is 29.2 Å². The summed E-state index contributed by atoms with van der Waals surface area (Å²) in [6.07, 6.45) is -0.200. The van der Waals surface area contributed by atoms with E-state index in [1.807, 2.05) is 91.0 Å². The van der Waals surface area contributed by atoms with Crippen molar-refractivity contribution in [2.24, 2.45) is 0 Å². The van der Waals surface area contributed by atoms with Crippen LogP contribution in [0.5, 0.6) is 0 Å². The van der Waals surface area contributed by atoms with Gasteiger partial charge in [0, 0.05) is 75.6 Å². The number of nitrogens with zero attached hydrogens (tertiary/aromatic N) is 3. The van der Waals surface area contributed by atoms with Gasteiger partial charge in [0.15, 0.2) is 6.29 Å². The zero-order valence-corrected chi connectivity index (χ0v) is 30.1. The number of non-ortho nitro benzene ring substituents is 1. The van der Waals surface area contributed by atoms with Crippen LogP contribution in [0.3, 0.4) is 0 Å². The number of nitrogens with one attached hydrogen (secondary N) is 2. The second-order valence-electron chi connectivity index (χ2n) is 13.8. The molecule has 5 aromatic carbocycles. The van der Waals surface area contributed by atoms with Crippen molar-refractivity contribution in [2.75, 3.05) is 37.6 Å². The van der Waals surface area contributed by atoms with Gasteiger partial charge >= 0.3 is 6.03 Å². The molecule has 2 amide bonds. The van der Waals surface area contributed by atoms with E-state index in [1.165, 1.54) is 0 Å². The van der Waals surface area contributed by atoms with Gasteiger partial charge in [-0.3, -0.25) is 15.0 Å². The van der Waals surface area contributed by atoms with Crippen molar-refractivity contribution >= 4 is 17.4 Å². The molecule has 278 valence electrons. The first kappa shape index (κ1) is 36.8. The minimum absolute atomic E-state index is 0.0163. The molecule has 2 fully saturated rings. The third-order valence-electron chi connectivity index (χ3n) is 10.0. The lowest BCUT2D eigenvalue weighted by molar-refractivity contribution is -0.384. The number of carbonyl (C=O) groups is 1. The van der Waals surface area contributed by atoms with E-state index in [2.05, 4.69) is 44.7 Å². The van der Waals surface area contributed by atoms with Crippen molar-refractivity contribution < 1.29 is 24.3 Å². The Morgan fingerprint density at radius 1 is 0.722 bits per heavy atom. The van der Waals surface area contributed by atoms with E-state index in [4.69, 9.17) is 9.47 Å². The molecular formula is C43H45N5O6. The molecular weight excluding hydrogens is 683 g/mol. The van der Waals surface area contributed by atoms with Gasteiger partial charge in [-0.1, -0.05) is 91.0 Å². The van der Waals surface area contributed by atoms with Crippen LogP contribution in [0.15, 0.2) is 127 Å². The molecule has 11 heteroatoms. The van der Waals surface area contributed by atoms with Crippen molar-refractivity contribution in [3.05, 3.63) is 165 Å². The number of nitro groups is 1. The Morgan fingerprint density at radius 3 is 2.09 bits per heavy atom. The molecule has 11 nitrogen and oxygen atoms in total. The molecule has 3 N–H and O–H groups in total. The Morgan fingerprint density at radius 2 is 1.39 bits per heavy atom. The first-order valence-electron chi connectivity index (χ1n) is 18.4. The molecule has 0 unspecified atom stereocenters. The number of rotatable bonds is 12. The molecule has 7 rings (SSSR count). The first-order chi connectivity index (χ1) is 26.4. The normalized spacial score (nSPS) is 18.9. The fraction of sp³-hybridized carbons (Fsp3) is 0.279. The van der Waals surface area contributed by atoms with Gasteiger partial charge < -0.3 is 30.1 Å². The van der Waals surface area contributed by atoms with Crippen LogP contribution in [0.25, 0.3) is 11.1 Å². The molecule has 0 radical (unpaired) electrons. The summed E-state index contributed by atoms with van der Waals surface area (Å²) in [7, 11) is 0. The SMILES string of the molecule is O=C(NCc1ccccc1)NCc1cccc(-c2cccc([C@H]3O[C@@H](CN4CCN(c5ccc([N+](=O)[O-])cc5)CC4)C[C@@H](c4ccc(CO)cc4)O3)c2)c1. The highest BCUT2D eigenvalue weighted by Gasteiger charge is 2.34. The van der Waals surface area contributed by atoms with Crippen molar-refractivity contribution in [3.63, 3.8) is 0 Å². The summed E-state index contributed by atoms with van der Waals surface area (Å²) >= 11 is 0. The molecule has 0 aliphatic carbocycles. The number of anilines is 1. The van der Waals surface area contributed by atoms with E-state index < -0.39 is 6.29 Å². The Bertz CT molecular complexity index is 2000. The number of carbonyl (C=O) groups excluding carboxylic acids is 1. The summed E-state index contributed by atoms with van der Waals surface area (Å²) in [5.74, 6) is 0. The second-order valence-corrected chi connectivity index (χ2v) is 13.8. The predicted octanol–water partition coefficient (Wildman–Crippen LogP) is 7.12. The average Bonchev–Trinajstić information content (AvgIpc) is 3.23. The Labute approximate surface area is 315 Å². The Hall–Kier alpha value is -5.59. The van der Waals surface area contributed by atoms with Crippen molar-refractivity contribution in [2.45, 2.75) is 44.6 Å². The summed E-state index contributed by atoms with van der Waals surface area (Å²) in [6, 6.07) is 40.6. The molecule has 5 aromatic rings. The monoisotopic (exact) mass is 727 g/mol. The van der Waals surface area contributed by atoms with E-state index in [1.54, 1.807) is 12.1 Å². The molecule has 3 atom stereocenters. The van der Waals surface area contributed by atoms with E-state index in [-0.39, 0.29) is 35.5 Å². The van der Waals surface area contributed by atoms with E-state index in [9.17, 15) is 20.0 Å². The van der Waals surface area contributed by atoms with Crippen LogP contribution in [0.1, 0.15) is 46.6 Å². The molecule has 2 aliphatic rings. The number of hydrogen-bond donors (Lipinski definition) is 3. The summed E-state index contributed by atoms with van der Waals surface area (Å²) in [6.45, 7) is 4.88. The third kappa shape index (κ3) is 9.49. The number of aliphatic hydroxyl groups is 1. The van der Waals surface area contributed by atoms with Crippen molar-refractivity contribution in [3.8, 4) is 11.1 Å². The molecule has 0 spiro atoms. The maximum Gasteiger partial charge on any atom is 0.315 e. The Balaban J connectivity index is 1.02. The van der Waals surface area contributed by atoms with Gasteiger partial charge in [0.2, 0.25) is 0 Å². The molecule has 2 aliphatic heterocycles. The highest BCUT2D eigenvalue weighted by molar-refractivity contribution is 5.74. The average molecular weight is 728 g/mol. The lowest BCUT2D eigenvalue weighted by Crippen LogP contribution is -2.49. The minimum atomic E-state index is -0.592. The largest absolute Gasteiger partial charge is 0.392 e. The van der Waals surface area contributed by atoms with Crippen LogP contribution < -0.4 is 15.5 Å². The highest BCUT2D eigenvalue weighted by Crippen LogP contribution is 2.39. The second kappa shape index (κ2) is 17.5. The fourth-order valence-corrected chi connectivity index (χ4v) is 7.04. The number of amides is 2. The predicted molar refractivity (Wildman–Crippen MR) is 208 cm³/mol. The lowest BCUT2D eigenvalue weighted by atomic mass is 9.98. The topological polar surface area (TPSA) is 129 Å². The maximum absolute atomic E-state index is 12.5. The van der Waals surface area contributed by atoms with Gasteiger partial charge in [0.05, 0.1) is 23.7 Å². The lowest BCUT2D eigenvalue weighted by Gasteiger charge is -2.41. The van der Waals surface area contributed by atoms with Crippen molar-refractivity contribution in [1.82, 2.24) is 15.5 Å². The summed E-state index contributed by atoms with van der Waals surface area (Å²) in [5.41, 5.74) is 7.95. The van der Waals surface area contributed by atoms with Crippen LogP contribution >= 0.6 is 0 Å². The number of urea groups is 1. The minimum Gasteiger partial charge on any atom is -0.392 e. The molecule has 2 saturated heterocycles. The number of nitro benzene ring substituents is 1. The van der Waals surface area contributed by atoms with Crippen LogP contribution in [0.4, 0.5) is 16.2 Å². The smallest absolute Gasteiger partial charge is 0.315 e. The highest BCUT2D eigenvalue weighted by atomic mass is 16.7. The summed E-state index contributed by atoms with van der Waals surface area (Å²) < 4.78 is 13.4. The number of aliphatic hydroxyl groups excluding tert-OH is 1. The van der Waals surface area contributed by atoms with E-state index in [0.29, 0.717) is 19.5 Å². The Kier molecular flexibility index (Phi) is 11.9. The first-order valence-corrected chi connectivity index (χ1v) is 18.4. The number of piperazine rings is 1. The molecule has 54 heavy (non-hydrogen) atoms. The summed E-state index contributed by atoms with van der Waals surface area (Å²) in [4.78, 5) is 27.9. The molecule has 0 saturated carbocycles. The zero-order chi connectivity index (χ0) is 37.3. The molecule has 0 aromatic heterocycles. The van der Waals surface area contributed by atoms with Crippen molar-refractivity contribution in [1.29, 1.82) is 0 Å². The van der Waals surface area contributed by atoms with E-state index >= 15 is 0 Å². The van der Waals surface area contributed by atoms with Crippen LogP contribution in [0, 0.1) is 10.1 Å². The molecule has 0 bridgehead atoms. The van der Waals surface area contributed by atoms with E-state index in [0.717, 1.165) is 77.4 Å². The van der Waals surface area contributed by atoms with Gasteiger partial charge in [0.1, 0.15) is 0 Å². The third-order valence-corrected chi connectivity index (χ3v) is 10.0. The molecule has 2 heterocycles. The van der Waals surface area contributed by atoms with Crippen LogP contribution in [-0.4, -0.2) is 59.8 Å². The van der Waals surface area contributed by atoms with Gasteiger partial charge in [-0.05, 0) is 57.6 Å². The van der Waals surface area contributed by atoms with Crippen LogP contribution in [0.2, 0.25) is 0 Å². The fourth-order valence-electron chi connectivity index (χ4n) is 7.04. The van der Waals surface area contributed by atoms with Gasteiger partial charge in [-0.2, -0.15) is 0 Å². The number of hydrogen-bond acceptors (Lipinski definition) is 8. The van der Waals surface area contributed by atoms with Gasteiger partial charge in [0.25, 0.3) is 5.69 Å². The maximum atomic E-state index is 12.5. The number of benzene rings is 5. The summed E-state index contributed by atoms with van der Waals surface area (Å²) in [5, 5.41) is 26.6. The number of ether oxygens (including phenoxy) is 2. The zero-order valence-electron chi connectivity index (χ0n) is 30.1. The van der Waals surface area contributed by atoms with Gasteiger partial charge in [-0.15, -0.1) is 0 Å². The van der Waals surface area contributed by atoms with Gasteiger partial charge in [-0.25, -0.2) is 4.79 Å².